The fourth-order valence-corrected chi connectivity index (χ4v) is 2.55. The number of benzene rings is 1. The normalized spacial score (nSPS) is 17.9. The molecule has 0 aliphatic heterocycles. The molecule has 2 nitrogen and oxygen atoms in total. The van der Waals surface area contributed by atoms with Gasteiger partial charge in [0.05, 0.1) is 12.7 Å². The van der Waals surface area contributed by atoms with E-state index in [9.17, 15) is 0 Å². The van der Waals surface area contributed by atoms with Gasteiger partial charge in [0.15, 0.2) is 0 Å². The van der Waals surface area contributed by atoms with Crippen molar-refractivity contribution in [2.75, 3.05) is 5.73 Å². The molecule has 0 atom stereocenters. The Morgan fingerprint density at radius 3 is 2.53 bits per heavy atom. The van der Waals surface area contributed by atoms with Crippen LogP contribution in [0.25, 0.3) is 0 Å². The first kappa shape index (κ1) is 12.9. The summed E-state index contributed by atoms with van der Waals surface area (Å²) in [5, 5.41) is 0. The fraction of sp³-hybridized carbons (Fsp3) is 0.571. The van der Waals surface area contributed by atoms with Gasteiger partial charge in [-0.25, -0.2) is 0 Å². The second-order valence-corrected chi connectivity index (χ2v) is 5.63. The number of anilines is 1. The first-order valence-corrected chi connectivity index (χ1v) is 7.20. The zero-order chi connectivity index (χ0) is 12.1. The zero-order valence-corrected chi connectivity index (χ0v) is 11.7. The molecular formula is C14H20BrNO. The highest BCUT2D eigenvalue weighted by atomic mass is 79.9. The fourth-order valence-electron chi connectivity index (χ4n) is 2.31. The number of nitrogen functional groups attached to an aromatic ring is 1. The third-order valence-corrected chi connectivity index (χ3v) is 4.07. The van der Waals surface area contributed by atoms with E-state index in [2.05, 4.69) is 22.0 Å². The van der Waals surface area contributed by atoms with Gasteiger partial charge in [0, 0.05) is 10.2 Å². The summed E-state index contributed by atoms with van der Waals surface area (Å²) in [5.74, 6) is 0. The van der Waals surface area contributed by atoms with Crippen LogP contribution in [0.4, 0.5) is 5.69 Å². The number of hydrogen-bond donors (Lipinski definition) is 1. The number of halogens is 1. The summed E-state index contributed by atoms with van der Waals surface area (Å²) in [6, 6.07) is 6.04. The van der Waals surface area contributed by atoms with Gasteiger partial charge in [-0.2, -0.15) is 0 Å². The molecule has 2 rings (SSSR count). The van der Waals surface area contributed by atoms with Crippen molar-refractivity contribution in [2.24, 2.45) is 0 Å². The summed E-state index contributed by atoms with van der Waals surface area (Å²) in [6.45, 7) is 0.683. The van der Waals surface area contributed by atoms with Crippen LogP contribution in [0.3, 0.4) is 0 Å². The van der Waals surface area contributed by atoms with Crippen molar-refractivity contribution in [3.05, 3.63) is 28.2 Å². The Morgan fingerprint density at radius 1 is 1.18 bits per heavy atom. The van der Waals surface area contributed by atoms with E-state index in [1.54, 1.807) is 0 Å². The van der Waals surface area contributed by atoms with E-state index in [-0.39, 0.29) is 0 Å². The zero-order valence-electron chi connectivity index (χ0n) is 10.1. The molecule has 0 spiro atoms. The Labute approximate surface area is 112 Å². The molecule has 1 aliphatic carbocycles. The maximum Gasteiger partial charge on any atom is 0.0721 e. The van der Waals surface area contributed by atoms with Crippen LogP contribution >= 0.6 is 15.9 Å². The van der Waals surface area contributed by atoms with Crippen molar-refractivity contribution in [2.45, 2.75) is 51.2 Å². The number of rotatable bonds is 3. The Hall–Kier alpha value is -0.540. The highest BCUT2D eigenvalue weighted by molar-refractivity contribution is 9.10. The van der Waals surface area contributed by atoms with Gasteiger partial charge in [-0.3, -0.25) is 0 Å². The van der Waals surface area contributed by atoms with E-state index in [0.29, 0.717) is 12.7 Å². The van der Waals surface area contributed by atoms with Crippen LogP contribution in [0.15, 0.2) is 22.7 Å². The lowest BCUT2D eigenvalue weighted by molar-refractivity contribution is 0.0310. The van der Waals surface area contributed by atoms with Crippen LogP contribution in [-0.2, 0) is 11.3 Å². The molecular weight excluding hydrogens is 278 g/mol. The van der Waals surface area contributed by atoms with Crippen LogP contribution in [0.5, 0.6) is 0 Å². The Bertz CT molecular complexity index is 359. The minimum Gasteiger partial charge on any atom is -0.398 e. The molecule has 0 radical (unpaired) electrons. The number of hydrogen-bond acceptors (Lipinski definition) is 2. The average molecular weight is 298 g/mol. The predicted octanol–water partition coefficient (Wildman–Crippen LogP) is 4.27. The average Bonchev–Trinajstić information content (AvgIpc) is 2.59. The molecule has 1 aromatic rings. The lowest BCUT2D eigenvalue weighted by atomic mass is 10.1. The van der Waals surface area contributed by atoms with E-state index in [0.717, 1.165) is 15.7 Å². The van der Waals surface area contributed by atoms with Crippen molar-refractivity contribution in [3.8, 4) is 0 Å². The summed E-state index contributed by atoms with van der Waals surface area (Å²) in [7, 11) is 0. The van der Waals surface area contributed by atoms with Crippen LogP contribution in [-0.4, -0.2) is 6.10 Å². The van der Waals surface area contributed by atoms with E-state index >= 15 is 0 Å². The van der Waals surface area contributed by atoms with E-state index < -0.39 is 0 Å². The van der Waals surface area contributed by atoms with Gasteiger partial charge in [0.25, 0.3) is 0 Å². The van der Waals surface area contributed by atoms with Crippen molar-refractivity contribution in [1.82, 2.24) is 0 Å². The first-order chi connectivity index (χ1) is 8.25. The van der Waals surface area contributed by atoms with Gasteiger partial charge in [0.2, 0.25) is 0 Å². The number of nitrogens with two attached hydrogens (primary N) is 1. The third kappa shape index (κ3) is 4.00. The summed E-state index contributed by atoms with van der Waals surface area (Å²) >= 11 is 3.40. The molecule has 0 unspecified atom stereocenters. The largest absolute Gasteiger partial charge is 0.398 e. The van der Waals surface area contributed by atoms with Gasteiger partial charge in [-0.05, 0) is 46.5 Å². The van der Waals surface area contributed by atoms with E-state index in [1.165, 1.54) is 38.5 Å². The molecule has 0 aromatic heterocycles. The molecule has 1 aromatic carbocycles. The second-order valence-electron chi connectivity index (χ2n) is 4.78. The first-order valence-electron chi connectivity index (χ1n) is 6.41. The highest BCUT2D eigenvalue weighted by Crippen LogP contribution is 2.23. The molecule has 0 heterocycles. The molecule has 3 heteroatoms. The Morgan fingerprint density at radius 2 is 1.88 bits per heavy atom. The molecule has 0 amide bonds. The SMILES string of the molecule is Nc1cc(COC2CCCCCC2)ccc1Br. The van der Waals surface area contributed by atoms with E-state index in [1.807, 2.05) is 12.1 Å². The maximum atomic E-state index is 5.97. The van der Waals surface area contributed by atoms with Crippen LogP contribution in [0.1, 0.15) is 44.1 Å². The van der Waals surface area contributed by atoms with Crippen LogP contribution < -0.4 is 5.73 Å². The Balaban J connectivity index is 1.85. The molecule has 0 saturated heterocycles. The van der Waals surface area contributed by atoms with Gasteiger partial charge in [-0.1, -0.05) is 31.7 Å². The molecule has 94 valence electrons. The van der Waals surface area contributed by atoms with Crippen molar-refractivity contribution in [3.63, 3.8) is 0 Å². The number of ether oxygens (including phenoxy) is 1. The van der Waals surface area contributed by atoms with Gasteiger partial charge >= 0.3 is 0 Å². The molecule has 17 heavy (non-hydrogen) atoms. The van der Waals surface area contributed by atoms with Crippen LogP contribution in [0, 0.1) is 0 Å². The standard InChI is InChI=1S/C14H20BrNO/c15-13-8-7-11(9-14(13)16)10-17-12-5-3-1-2-4-6-12/h7-9,12H,1-6,10,16H2. The highest BCUT2D eigenvalue weighted by Gasteiger charge is 2.12. The smallest absolute Gasteiger partial charge is 0.0721 e. The molecule has 2 N–H and O–H groups in total. The minimum atomic E-state index is 0.447. The molecule has 1 aliphatic rings. The lowest BCUT2D eigenvalue weighted by Gasteiger charge is -2.15. The van der Waals surface area contributed by atoms with Crippen LogP contribution in [0.2, 0.25) is 0 Å². The summed E-state index contributed by atoms with van der Waals surface area (Å²) in [5.41, 5.74) is 7.80. The molecule has 1 saturated carbocycles. The third-order valence-electron chi connectivity index (χ3n) is 3.35. The quantitative estimate of drug-likeness (QED) is 0.668. The predicted molar refractivity (Wildman–Crippen MR) is 74.8 cm³/mol. The monoisotopic (exact) mass is 297 g/mol. The lowest BCUT2D eigenvalue weighted by Crippen LogP contribution is -2.11. The van der Waals surface area contributed by atoms with Crippen molar-refractivity contribution < 1.29 is 4.74 Å². The maximum absolute atomic E-state index is 5.97. The van der Waals surface area contributed by atoms with Gasteiger partial charge in [-0.15, -0.1) is 0 Å². The molecule has 1 fully saturated rings. The van der Waals surface area contributed by atoms with Gasteiger partial charge in [0.1, 0.15) is 0 Å². The minimum absolute atomic E-state index is 0.447. The molecule has 0 bridgehead atoms. The Kier molecular flexibility index (Phi) is 4.86. The van der Waals surface area contributed by atoms with Crippen molar-refractivity contribution >= 4 is 21.6 Å². The summed E-state index contributed by atoms with van der Waals surface area (Å²) in [4.78, 5) is 0. The van der Waals surface area contributed by atoms with Gasteiger partial charge < -0.3 is 10.5 Å². The van der Waals surface area contributed by atoms with E-state index in [4.69, 9.17) is 10.5 Å². The summed E-state index contributed by atoms with van der Waals surface area (Å²) < 4.78 is 6.93. The summed E-state index contributed by atoms with van der Waals surface area (Å²) in [6.07, 6.45) is 8.23. The van der Waals surface area contributed by atoms with Crippen molar-refractivity contribution in [1.29, 1.82) is 0 Å². The second kappa shape index (κ2) is 6.41. The topological polar surface area (TPSA) is 35.2 Å².